The van der Waals surface area contributed by atoms with Crippen molar-refractivity contribution in [1.29, 1.82) is 0 Å². The third-order valence-electron chi connectivity index (χ3n) is 3.37. The zero-order valence-electron chi connectivity index (χ0n) is 10.9. The van der Waals surface area contributed by atoms with Gasteiger partial charge < -0.3 is 11.2 Å². The standard InChI is InChI=1S/C16H16O.Os/c1-5-16(3,4)14-10-12-8-6-7-9-13(12)15(17)11(14)2;/h5-9H,2H2,1,3-4H3;/q-2;+2. The number of carbonyl (C=O) groups is 1. The zero-order chi connectivity index (χ0) is 12.6. The molecule has 18 heavy (non-hydrogen) atoms. The summed E-state index contributed by atoms with van der Waals surface area (Å²) < 4.78 is 0. The third-order valence-corrected chi connectivity index (χ3v) is 3.37. The van der Waals surface area contributed by atoms with Crippen LogP contribution in [0, 0.1) is 17.9 Å². The number of hydrogen-bond donors (Lipinski definition) is 0. The van der Waals surface area contributed by atoms with Crippen LogP contribution in [0.1, 0.15) is 36.7 Å². The molecule has 94 valence electrons. The molecule has 0 saturated heterocycles. The van der Waals surface area contributed by atoms with Gasteiger partial charge >= 0.3 is 19.8 Å². The van der Waals surface area contributed by atoms with E-state index in [1.54, 1.807) is 0 Å². The quantitative estimate of drug-likeness (QED) is 0.532. The van der Waals surface area contributed by atoms with Crippen LogP contribution in [0.25, 0.3) is 0 Å². The van der Waals surface area contributed by atoms with Crippen LogP contribution in [0.2, 0.25) is 0 Å². The Morgan fingerprint density at radius 2 is 1.89 bits per heavy atom. The second-order valence-corrected chi connectivity index (χ2v) is 4.86. The van der Waals surface area contributed by atoms with Crippen LogP contribution in [0.3, 0.4) is 0 Å². The molecule has 2 heteroatoms. The van der Waals surface area contributed by atoms with Crippen LogP contribution < -0.4 is 0 Å². The molecule has 1 nitrogen and oxygen atoms in total. The van der Waals surface area contributed by atoms with Crippen LogP contribution >= 0.6 is 0 Å². The first-order valence-electron chi connectivity index (χ1n) is 5.75. The van der Waals surface area contributed by atoms with E-state index in [0.717, 1.165) is 11.1 Å². The maximum Gasteiger partial charge on any atom is 2.00 e. The number of rotatable bonds is 2. The van der Waals surface area contributed by atoms with Gasteiger partial charge in [-0.1, -0.05) is 37.1 Å². The largest absolute Gasteiger partial charge is 2.00 e. The minimum atomic E-state index is -0.180. The normalized spacial score (nSPS) is 14.7. The molecule has 0 saturated carbocycles. The van der Waals surface area contributed by atoms with Crippen molar-refractivity contribution in [3.8, 4) is 0 Å². The molecule has 0 bridgehead atoms. The monoisotopic (exact) mass is 416 g/mol. The van der Waals surface area contributed by atoms with Crippen LogP contribution in [0.4, 0.5) is 0 Å². The fourth-order valence-electron chi connectivity index (χ4n) is 1.97. The number of carbonyl (C=O) groups excluding carboxylic acids is 1. The molecule has 2 rings (SSSR count). The van der Waals surface area contributed by atoms with Gasteiger partial charge in [0.05, 0.1) is 0 Å². The molecular weight excluding hydrogens is 398 g/mol. The number of fused-ring (bicyclic) bond motifs is 1. The van der Waals surface area contributed by atoms with Gasteiger partial charge in [-0.2, -0.15) is 12.3 Å². The van der Waals surface area contributed by atoms with Crippen LogP contribution in [0.15, 0.2) is 42.0 Å². The third kappa shape index (κ3) is 2.40. The Morgan fingerprint density at radius 3 is 2.50 bits per heavy atom. The summed E-state index contributed by atoms with van der Waals surface area (Å²) in [5.41, 5.74) is 2.85. The van der Waals surface area contributed by atoms with Crippen molar-refractivity contribution in [3.05, 3.63) is 65.6 Å². The van der Waals surface area contributed by atoms with Crippen molar-refractivity contribution in [2.24, 2.45) is 5.41 Å². The summed E-state index contributed by atoms with van der Waals surface area (Å²) >= 11 is 0. The first-order valence-corrected chi connectivity index (χ1v) is 5.75. The van der Waals surface area contributed by atoms with Gasteiger partial charge in [0.1, 0.15) is 5.78 Å². The van der Waals surface area contributed by atoms with Crippen molar-refractivity contribution in [3.63, 3.8) is 0 Å². The Kier molecular flexibility index (Phi) is 4.46. The summed E-state index contributed by atoms with van der Waals surface area (Å²) in [6.45, 7) is 10.1. The minimum absolute atomic E-state index is 0. The van der Waals surface area contributed by atoms with Crippen molar-refractivity contribution >= 4 is 5.78 Å². The van der Waals surface area contributed by atoms with E-state index in [-0.39, 0.29) is 31.0 Å². The topological polar surface area (TPSA) is 17.1 Å². The molecular formula is C16H16OOs. The molecule has 0 heterocycles. The van der Waals surface area contributed by atoms with Gasteiger partial charge in [-0.25, -0.2) is 0 Å². The van der Waals surface area contributed by atoms with E-state index >= 15 is 0 Å². The van der Waals surface area contributed by atoms with Crippen molar-refractivity contribution in [2.45, 2.75) is 20.8 Å². The van der Waals surface area contributed by atoms with Crippen molar-refractivity contribution in [1.82, 2.24) is 0 Å². The molecule has 0 spiro atoms. The molecule has 0 radical (unpaired) electrons. The average molecular weight is 415 g/mol. The van der Waals surface area contributed by atoms with E-state index in [2.05, 4.69) is 32.9 Å². The molecule has 0 aliphatic heterocycles. The van der Waals surface area contributed by atoms with E-state index in [0.29, 0.717) is 11.1 Å². The Bertz CT molecular complexity index is 524. The number of allylic oxidation sites excluding steroid dienone is 2. The van der Waals surface area contributed by atoms with Gasteiger partial charge in [-0.3, -0.25) is 0 Å². The van der Waals surface area contributed by atoms with Gasteiger partial charge in [0.15, 0.2) is 0 Å². The van der Waals surface area contributed by atoms with Crippen molar-refractivity contribution in [2.75, 3.05) is 0 Å². The van der Waals surface area contributed by atoms with E-state index in [4.69, 9.17) is 0 Å². The molecule has 0 fully saturated rings. The summed E-state index contributed by atoms with van der Waals surface area (Å²) in [6, 6.07) is 7.54. The van der Waals surface area contributed by atoms with Crippen LogP contribution in [-0.4, -0.2) is 5.78 Å². The van der Waals surface area contributed by atoms with E-state index in [9.17, 15) is 4.79 Å². The van der Waals surface area contributed by atoms with Crippen LogP contribution in [0.5, 0.6) is 0 Å². The molecule has 0 aromatic heterocycles. The Labute approximate surface area is 122 Å². The summed E-state index contributed by atoms with van der Waals surface area (Å²) in [4.78, 5) is 12.2. The Hall–Kier alpha value is -0.994. The number of ketones is 1. The Balaban J connectivity index is 0.00000162. The van der Waals surface area contributed by atoms with E-state index < -0.39 is 0 Å². The molecule has 1 aromatic rings. The minimum Gasteiger partial charge on any atom is -0.323 e. The fraction of sp³-hybridized carbons (Fsp3) is 0.250. The van der Waals surface area contributed by atoms with Gasteiger partial charge in [0, 0.05) is 0 Å². The number of Topliss-reactive ketones (excluding diaryl/α,β-unsaturated/α-hetero) is 1. The molecule has 1 aliphatic carbocycles. The molecule has 1 aromatic carbocycles. The molecule has 0 N–H and O–H groups in total. The van der Waals surface area contributed by atoms with Gasteiger partial charge in [0.2, 0.25) is 0 Å². The van der Waals surface area contributed by atoms with E-state index in [1.165, 1.54) is 0 Å². The predicted molar refractivity (Wildman–Crippen MR) is 69.5 cm³/mol. The summed E-state index contributed by atoms with van der Waals surface area (Å²) in [6.07, 6.45) is 5.40. The van der Waals surface area contributed by atoms with Crippen LogP contribution in [-0.2, 0) is 19.8 Å². The Morgan fingerprint density at radius 1 is 1.28 bits per heavy atom. The second kappa shape index (κ2) is 5.33. The first kappa shape index (κ1) is 15.1. The van der Waals surface area contributed by atoms with Gasteiger partial charge in [0.25, 0.3) is 0 Å². The molecule has 0 atom stereocenters. The maximum absolute atomic E-state index is 12.2. The summed E-state index contributed by atoms with van der Waals surface area (Å²) in [5, 5.41) is 0. The van der Waals surface area contributed by atoms with Crippen molar-refractivity contribution < 1.29 is 24.6 Å². The summed E-state index contributed by atoms with van der Waals surface area (Å²) in [7, 11) is 0. The SMILES string of the molecule is C=C1C(=O)c2ccccc2[C-]=C1C(C)(C)[CH-]C.[Os+2]. The smallest absolute Gasteiger partial charge is 0.323 e. The van der Waals surface area contributed by atoms with Gasteiger partial charge in [-0.15, -0.1) is 35.9 Å². The zero-order valence-corrected chi connectivity index (χ0v) is 13.4. The van der Waals surface area contributed by atoms with Gasteiger partial charge in [-0.05, 0) is 0 Å². The number of hydrogen-bond acceptors (Lipinski definition) is 1. The fourth-order valence-corrected chi connectivity index (χ4v) is 1.97. The van der Waals surface area contributed by atoms with E-state index in [1.807, 2.05) is 31.2 Å². The molecule has 0 unspecified atom stereocenters. The number of benzene rings is 1. The first-order chi connectivity index (χ1) is 7.97. The average Bonchev–Trinajstić information content (AvgIpc) is 2.33. The maximum atomic E-state index is 12.2. The predicted octanol–water partition coefficient (Wildman–Crippen LogP) is 3.76. The summed E-state index contributed by atoms with van der Waals surface area (Å²) in [5.74, 6) is 0.0178. The molecule has 0 amide bonds. The molecule has 1 aliphatic rings. The second-order valence-electron chi connectivity index (χ2n) is 4.86.